The average molecular weight is 577 g/mol. The van der Waals surface area contributed by atoms with Crippen molar-refractivity contribution >= 4 is 17.3 Å². The maximum absolute atomic E-state index is 6.30. The van der Waals surface area contributed by atoms with Crippen LogP contribution in [0.25, 0.3) is 11.1 Å². The Hall–Kier alpha value is -2.75. The molecule has 0 saturated carbocycles. The van der Waals surface area contributed by atoms with Gasteiger partial charge in [0, 0.05) is 68.0 Å². The smallest absolute Gasteiger partial charge is 0.128 e. The van der Waals surface area contributed by atoms with E-state index in [2.05, 4.69) is 58.3 Å². The van der Waals surface area contributed by atoms with Crippen LogP contribution in [0.1, 0.15) is 77.3 Å². The van der Waals surface area contributed by atoms with Gasteiger partial charge < -0.3 is 25.6 Å². The first-order valence-corrected chi connectivity index (χ1v) is 16.2. The summed E-state index contributed by atoms with van der Waals surface area (Å²) < 4.78 is 7.73. The van der Waals surface area contributed by atoms with Gasteiger partial charge in [-0.05, 0) is 76.5 Å². The van der Waals surface area contributed by atoms with E-state index in [1.165, 1.54) is 32.5 Å². The average Bonchev–Trinajstić information content (AvgIpc) is 3.49. The molecule has 0 spiro atoms. The molecule has 3 aliphatic rings. The summed E-state index contributed by atoms with van der Waals surface area (Å²) in [5.41, 5.74) is 11.2. The molecular formula is C33H52N8O. The van der Waals surface area contributed by atoms with Gasteiger partial charge in [-0.1, -0.05) is 27.4 Å². The third kappa shape index (κ3) is 7.41. The Morgan fingerprint density at radius 1 is 1.07 bits per heavy atom. The lowest BCUT2D eigenvalue weighted by atomic mass is 9.97. The lowest BCUT2D eigenvalue weighted by Gasteiger charge is -2.42. The summed E-state index contributed by atoms with van der Waals surface area (Å²) in [6, 6.07) is 1.38. The van der Waals surface area contributed by atoms with Crippen LogP contribution >= 0.6 is 0 Å². The number of ether oxygens (including phenoxy) is 1. The molecule has 0 aliphatic carbocycles. The number of nitrogens with one attached hydrogen (secondary N) is 1. The fraction of sp³-hybridized carbons (Fsp3) is 0.667. The van der Waals surface area contributed by atoms with E-state index in [0.717, 1.165) is 104 Å². The third-order valence-corrected chi connectivity index (χ3v) is 9.35. The molecule has 3 saturated heterocycles. The van der Waals surface area contributed by atoms with Crippen LogP contribution in [0.3, 0.4) is 0 Å². The van der Waals surface area contributed by atoms with Gasteiger partial charge in [0.25, 0.3) is 0 Å². The number of nitrogens with zero attached hydrogens (tertiary/aromatic N) is 6. The summed E-state index contributed by atoms with van der Waals surface area (Å²) in [6.45, 7) is 20.6. The molecule has 3 aliphatic heterocycles. The minimum Gasteiger partial charge on any atom is -0.383 e. The van der Waals surface area contributed by atoms with Crippen LogP contribution in [0, 0.1) is 12.8 Å². The van der Waals surface area contributed by atoms with E-state index >= 15 is 0 Å². The van der Waals surface area contributed by atoms with Crippen molar-refractivity contribution in [3.63, 3.8) is 0 Å². The van der Waals surface area contributed by atoms with E-state index in [-0.39, 0.29) is 6.04 Å². The third-order valence-electron chi connectivity index (χ3n) is 9.35. The first-order valence-electron chi connectivity index (χ1n) is 16.2. The van der Waals surface area contributed by atoms with Crippen LogP contribution in [-0.2, 0) is 4.74 Å². The largest absolute Gasteiger partial charge is 0.383 e. The summed E-state index contributed by atoms with van der Waals surface area (Å²) in [5.74, 6) is 2.09. The van der Waals surface area contributed by atoms with Crippen molar-refractivity contribution in [1.29, 1.82) is 0 Å². The number of amidine groups is 1. The highest BCUT2D eigenvalue weighted by Crippen LogP contribution is 2.35. The number of aliphatic imine (C=N–C) groups is 1. The van der Waals surface area contributed by atoms with Crippen LogP contribution in [0.2, 0.25) is 0 Å². The van der Waals surface area contributed by atoms with E-state index in [0.29, 0.717) is 11.9 Å². The standard InChI is InChI=1S/C33H52N8O/c1-6-24(4)33(37-27-11-17-42-18-12-27)38-31-25(5)32(34)35-20-30(31)26-19-36-41(22-26)29-9-15-40(16-10-29)28-7-13-39(14-8-28)21-23(2)3/h19-20,22-23,27-29H,4,6-18,21H2,1-3,5H3,(H3,34,35,37,38). The van der Waals surface area contributed by atoms with Crippen molar-refractivity contribution < 1.29 is 4.74 Å². The van der Waals surface area contributed by atoms with Gasteiger partial charge in [-0.2, -0.15) is 5.10 Å². The number of piperidine rings is 2. The molecule has 0 unspecified atom stereocenters. The van der Waals surface area contributed by atoms with Crippen LogP contribution in [0.15, 0.2) is 35.7 Å². The number of hydrogen-bond donors (Lipinski definition) is 2. The second-order valence-electron chi connectivity index (χ2n) is 12.9. The van der Waals surface area contributed by atoms with Crippen LogP contribution in [-0.4, -0.2) is 88.4 Å². The van der Waals surface area contributed by atoms with Gasteiger partial charge in [0.15, 0.2) is 0 Å². The van der Waals surface area contributed by atoms with Gasteiger partial charge in [-0.15, -0.1) is 0 Å². The molecule has 2 aromatic heterocycles. The minimum absolute atomic E-state index is 0.230. The molecule has 230 valence electrons. The summed E-state index contributed by atoms with van der Waals surface area (Å²) in [4.78, 5) is 15.0. The number of anilines is 2. The second-order valence-corrected chi connectivity index (χ2v) is 12.9. The first kappa shape index (κ1) is 30.7. The number of pyridine rings is 1. The Morgan fingerprint density at radius 3 is 2.43 bits per heavy atom. The minimum atomic E-state index is 0.230. The van der Waals surface area contributed by atoms with Crippen molar-refractivity contribution in [2.24, 2.45) is 10.9 Å². The molecular weight excluding hydrogens is 524 g/mol. The van der Waals surface area contributed by atoms with E-state index in [1.54, 1.807) is 0 Å². The summed E-state index contributed by atoms with van der Waals surface area (Å²) in [6.07, 6.45) is 13.6. The first-order chi connectivity index (χ1) is 20.3. The number of rotatable bonds is 9. The van der Waals surface area contributed by atoms with Crippen molar-refractivity contribution in [2.45, 2.75) is 90.8 Å². The topological polar surface area (TPSA) is 96.8 Å². The van der Waals surface area contributed by atoms with Gasteiger partial charge in [-0.25, -0.2) is 4.98 Å². The fourth-order valence-electron chi connectivity index (χ4n) is 6.68. The zero-order chi connectivity index (χ0) is 29.6. The number of hydrogen-bond acceptors (Lipinski definition) is 7. The van der Waals surface area contributed by atoms with E-state index < -0.39 is 0 Å². The molecule has 0 atom stereocenters. The normalized spacial score (nSPS) is 20.8. The quantitative estimate of drug-likeness (QED) is 0.298. The predicted molar refractivity (Wildman–Crippen MR) is 173 cm³/mol. The van der Waals surface area contributed by atoms with Gasteiger partial charge >= 0.3 is 0 Å². The molecule has 5 rings (SSSR count). The maximum atomic E-state index is 6.30. The molecule has 0 radical (unpaired) electrons. The zero-order valence-electron chi connectivity index (χ0n) is 26.3. The lowest BCUT2D eigenvalue weighted by Crippen LogP contribution is -2.48. The Labute approximate surface area is 252 Å². The molecule has 0 amide bonds. The highest BCUT2D eigenvalue weighted by Gasteiger charge is 2.29. The predicted octanol–water partition coefficient (Wildman–Crippen LogP) is 5.55. The fourth-order valence-corrected chi connectivity index (χ4v) is 6.68. The van der Waals surface area contributed by atoms with E-state index in [9.17, 15) is 0 Å². The Bertz CT molecular complexity index is 1210. The SMILES string of the molecule is C=C(CC)C(=NC1CCOCC1)Nc1c(-c2cnn(C3CCN(C4CCN(CC(C)C)CC4)CC3)c2)cnc(N)c1C. The molecule has 9 nitrogen and oxygen atoms in total. The van der Waals surface area contributed by atoms with Gasteiger partial charge in [0.05, 0.1) is 24.0 Å². The molecule has 3 fully saturated rings. The van der Waals surface area contributed by atoms with Crippen molar-refractivity contribution in [3.8, 4) is 11.1 Å². The molecule has 3 N–H and O–H groups in total. The van der Waals surface area contributed by atoms with Crippen molar-refractivity contribution in [2.75, 3.05) is 57.0 Å². The Kier molecular flexibility index (Phi) is 10.3. The Balaban J connectivity index is 1.27. The molecule has 42 heavy (non-hydrogen) atoms. The van der Waals surface area contributed by atoms with E-state index in [1.807, 2.05) is 19.3 Å². The van der Waals surface area contributed by atoms with Gasteiger partial charge in [0.1, 0.15) is 11.7 Å². The molecule has 2 aromatic rings. The van der Waals surface area contributed by atoms with E-state index in [4.69, 9.17) is 20.6 Å². The lowest BCUT2D eigenvalue weighted by molar-refractivity contribution is 0.0736. The second kappa shape index (κ2) is 14.1. The molecule has 0 bridgehead atoms. The number of nitrogens with two attached hydrogens (primary N) is 1. The highest BCUT2D eigenvalue weighted by molar-refractivity contribution is 6.10. The molecule has 0 aromatic carbocycles. The monoisotopic (exact) mass is 576 g/mol. The Morgan fingerprint density at radius 2 is 1.76 bits per heavy atom. The van der Waals surface area contributed by atoms with Crippen LogP contribution in [0.4, 0.5) is 11.5 Å². The summed E-state index contributed by atoms with van der Waals surface area (Å²) in [7, 11) is 0. The van der Waals surface area contributed by atoms with Gasteiger partial charge in [0.2, 0.25) is 0 Å². The van der Waals surface area contributed by atoms with Crippen molar-refractivity contribution in [3.05, 3.63) is 36.3 Å². The summed E-state index contributed by atoms with van der Waals surface area (Å²) in [5, 5.41) is 8.49. The summed E-state index contributed by atoms with van der Waals surface area (Å²) >= 11 is 0. The number of likely N-dealkylation sites (tertiary alicyclic amines) is 2. The van der Waals surface area contributed by atoms with Crippen LogP contribution < -0.4 is 11.1 Å². The molecule has 9 heteroatoms. The zero-order valence-corrected chi connectivity index (χ0v) is 26.3. The van der Waals surface area contributed by atoms with Crippen molar-refractivity contribution in [1.82, 2.24) is 24.6 Å². The highest BCUT2D eigenvalue weighted by atomic mass is 16.5. The van der Waals surface area contributed by atoms with Gasteiger partial charge in [-0.3, -0.25) is 9.67 Å². The maximum Gasteiger partial charge on any atom is 0.128 e. The number of nitrogen functional groups attached to an aromatic ring is 1. The number of aromatic nitrogens is 3. The molecule has 5 heterocycles. The van der Waals surface area contributed by atoms with Crippen LogP contribution in [0.5, 0.6) is 0 Å².